The van der Waals surface area contributed by atoms with Gasteiger partial charge in [0.2, 0.25) is 0 Å². The van der Waals surface area contributed by atoms with Crippen LogP contribution in [0.25, 0.3) is 0 Å². The largest absolute Gasteiger partial charge is 0.309 e. The predicted octanol–water partition coefficient (Wildman–Crippen LogP) is 3.99. The third-order valence-electron chi connectivity index (χ3n) is 4.54. The minimum absolute atomic E-state index is 0.0878. The van der Waals surface area contributed by atoms with E-state index in [1.54, 1.807) is 12.1 Å². The van der Waals surface area contributed by atoms with Crippen molar-refractivity contribution in [1.82, 2.24) is 10.2 Å². The number of piperidine rings is 1. The summed E-state index contributed by atoms with van der Waals surface area (Å²) in [6, 6.07) is 7.29. The molecule has 0 spiro atoms. The highest BCUT2D eigenvalue weighted by atomic mass is 19.1. The smallest absolute Gasteiger partial charge is 0.128 e. The molecule has 0 amide bonds. The Morgan fingerprint density at radius 1 is 1.33 bits per heavy atom. The molecule has 2 nitrogen and oxygen atoms in total. The van der Waals surface area contributed by atoms with E-state index < -0.39 is 0 Å². The molecular weight excluding hydrogens is 263 g/mol. The zero-order valence-electron chi connectivity index (χ0n) is 13.4. The van der Waals surface area contributed by atoms with Crippen molar-refractivity contribution in [3.63, 3.8) is 0 Å². The summed E-state index contributed by atoms with van der Waals surface area (Å²) >= 11 is 0. The lowest BCUT2D eigenvalue weighted by Gasteiger charge is -2.35. The lowest BCUT2D eigenvalue weighted by molar-refractivity contribution is 0.155. The molecule has 0 saturated carbocycles. The molecule has 2 rings (SSSR count). The summed E-state index contributed by atoms with van der Waals surface area (Å²) in [6.45, 7) is 8.59. The van der Waals surface area contributed by atoms with E-state index in [1.165, 1.54) is 19.3 Å². The number of halogens is 1. The minimum Gasteiger partial charge on any atom is -0.309 e. The molecule has 1 heterocycles. The summed E-state index contributed by atoms with van der Waals surface area (Å²) in [5, 5.41) is 3.53. The lowest BCUT2D eigenvalue weighted by atomic mass is 9.94. The fraction of sp³-hybridized carbons (Fsp3) is 0.667. The Morgan fingerprint density at radius 3 is 2.86 bits per heavy atom. The summed E-state index contributed by atoms with van der Waals surface area (Å²) in [4.78, 5) is 2.51. The maximum absolute atomic E-state index is 14.1. The van der Waals surface area contributed by atoms with E-state index in [2.05, 4.69) is 24.1 Å². The van der Waals surface area contributed by atoms with Gasteiger partial charge in [-0.2, -0.15) is 0 Å². The second-order valence-corrected chi connectivity index (χ2v) is 6.20. The molecule has 21 heavy (non-hydrogen) atoms. The van der Waals surface area contributed by atoms with Gasteiger partial charge in [-0.3, -0.25) is 0 Å². The molecule has 1 fully saturated rings. The Labute approximate surface area is 128 Å². The molecule has 0 aromatic heterocycles. The molecule has 1 aliphatic rings. The molecule has 2 unspecified atom stereocenters. The van der Waals surface area contributed by atoms with Crippen LogP contribution < -0.4 is 5.32 Å². The third kappa shape index (κ3) is 4.79. The van der Waals surface area contributed by atoms with Gasteiger partial charge in [-0.1, -0.05) is 38.5 Å². The van der Waals surface area contributed by atoms with E-state index in [9.17, 15) is 4.39 Å². The quantitative estimate of drug-likeness (QED) is 0.817. The number of nitrogens with zero attached hydrogens (tertiary/aromatic N) is 1. The summed E-state index contributed by atoms with van der Waals surface area (Å²) in [6.07, 6.45) is 4.95. The molecule has 0 aliphatic carbocycles. The molecule has 0 radical (unpaired) electrons. The Morgan fingerprint density at radius 2 is 2.14 bits per heavy atom. The Balaban J connectivity index is 2.04. The monoisotopic (exact) mass is 292 g/mol. The van der Waals surface area contributed by atoms with Crippen molar-refractivity contribution in [3.05, 3.63) is 35.6 Å². The van der Waals surface area contributed by atoms with Crippen LogP contribution in [0.3, 0.4) is 0 Å². The average molecular weight is 292 g/mol. The van der Waals surface area contributed by atoms with Crippen LogP contribution in [0.2, 0.25) is 0 Å². The Hall–Kier alpha value is -0.930. The van der Waals surface area contributed by atoms with Crippen LogP contribution in [0.15, 0.2) is 24.3 Å². The molecule has 2 atom stereocenters. The van der Waals surface area contributed by atoms with Crippen LogP contribution in [0.1, 0.15) is 51.1 Å². The molecule has 1 aliphatic heterocycles. The first-order valence-corrected chi connectivity index (χ1v) is 8.44. The van der Waals surface area contributed by atoms with Gasteiger partial charge in [0.1, 0.15) is 5.82 Å². The molecule has 3 heteroatoms. The highest BCUT2D eigenvalue weighted by molar-refractivity contribution is 5.21. The van der Waals surface area contributed by atoms with Gasteiger partial charge in [0.05, 0.1) is 0 Å². The molecule has 1 aromatic carbocycles. The fourth-order valence-corrected chi connectivity index (χ4v) is 3.26. The van der Waals surface area contributed by atoms with Crippen molar-refractivity contribution in [3.8, 4) is 0 Å². The van der Waals surface area contributed by atoms with Gasteiger partial charge in [-0.05, 0) is 44.3 Å². The fourth-order valence-electron chi connectivity index (χ4n) is 3.26. The highest BCUT2D eigenvalue weighted by Gasteiger charge is 2.23. The first-order chi connectivity index (χ1) is 10.2. The van der Waals surface area contributed by atoms with E-state index >= 15 is 0 Å². The third-order valence-corrected chi connectivity index (χ3v) is 4.54. The van der Waals surface area contributed by atoms with E-state index in [0.29, 0.717) is 0 Å². The van der Waals surface area contributed by atoms with Crippen molar-refractivity contribution in [1.29, 1.82) is 0 Å². The average Bonchev–Trinajstić information content (AvgIpc) is 2.52. The Kier molecular flexibility index (Phi) is 6.65. The van der Waals surface area contributed by atoms with Crippen molar-refractivity contribution in [2.75, 3.05) is 26.2 Å². The van der Waals surface area contributed by atoms with Gasteiger partial charge in [-0.25, -0.2) is 4.39 Å². The summed E-state index contributed by atoms with van der Waals surface area (Å²) in [5.74, 6) is 0.723. The molecular formula is C18H29FN2. The first kappa shape index (κ1) is 16.4. The van der Waals surface area contributed by atoms with E-state index in [4.69, 9.17) is 0 Å². The number of benzene rings is 1. The van der Waals surface area contributed by atoms with Crippen molar-refractivity contribution < 1.29 is 4.39 Å². The maximum Gasteiger partial charge on any atom is 0.128 e. The van der Waals surface area contributed by atoms with Gasteiger partial charge in [-0.15, -0.1) is 0 Å². The SMILES string of the molecule is CCCNC(CN1CCCC(CC)C1)c1ccccc1F. The second kappa shape index (κ2) is 8.50. The summed E-state index contributed by atoms with van der Waals surface area (Å²) < 4.78 is 14.1. The lowest BCUT2D eigenvalue weighted by Crippen LogP contribution is -2.41. The van der Waals surface area contributed by atoms with Crippen molar-refractivity contribution in [2.45, 2.75) is 45.6 Å². The zero-order chi connectivity index (χ0) is 15.1. The summed E-state index contributed by atoms with van der Waals surface area (Å²) in [5.41, 5.74) is 0.810. The molecule has 1 saturated heterocycles. The normalized spacial score (nSPS) is 21.4. The number of likely N-dealkylation sites (tertiary alicyclic amines) is 1. The van der Waals surface area contributed by atoms with Crippen molar-refractivity contribution >= 4 is 0 Å². The van der Waals surface area contributed by atoms with Crippen LogP contribution in [0, 0.1) is 11.7 Å². The van der Waals surface area contributed by atoms with Gasteiger partial charge >= 0.3 is 0 Å². The Bertz CT molecular complexity index is 421. The standard InChI is InChI=1S/C18H29FN2/c1-3-11-20-18(16-9-5-6-10-17(16)19)14-21-12-7-8-15(4-2)13-21/h5-6,9-10,15,18,20H,3-4,7-8,11-14H2,1-2H3. The van der Waals surface area contributed by atoms with Crippen LogP contribution in [-0.4, -0.2) is 31.1 Å². The number of hydrogen-bond donors (Lipinski definition) is 1. The number of hydrogen-bond acceptors (Lipinski definition) is 2. The van der Waals surface area contributed by atoms with Crippen LogP contribution in [0.4, 0.5) is 4.39 Å². The number of rotatable bonds is 7. The zero-order valence-corrected chi connectivity index (χ0v) is 13.4. The highest BCUT2D eigenvalue weighted by Crippen LogP contribution is 2.23. The summed E-state index contributed by atoms with van der Waals surface area (Å²) in [7, 11) is 0. The van der Waals surface area contributed by atoms with E-state index in [0.717, 1.165) is 44.1 Å². The molecule has 1 N–H and O–H groups in total. The van der Waals surface area contributed by atoms with Gasteiger partial charge in [0, 0.05) is 24.7 Å². The van der Waals surface area contributed by atoms with Crippen LogP contribution in [0.5, 0.6) is 0 Å². The van der Waals surface area contributed by atoms with Crippen molar-refractivity contribution in [2.24, 2.45) is 5.92 Å². The van der Waals surface area contributed by atoms with Gasteiger partial charge < -0.3 is 10.2 Å². The first-order valence-electron chi connectivity index (χ1n) is 8.44. The van der Waals surface area contributed by atoms with Crippen LogP contribution in [-0.2, 0) is 0 Å². The molecule has 1 aromatic rings. The maximum atomic E-state index is 14.1. The topological polar surface area (TPSA) is 15.3 Å². The van der Waals surface area contributed by atoms with Gasteiger partial charge in [0.25, 0.3) is 0 Å². The molecule has 0 bridgehead atoms. The minimum atomic E-state index is -0.0878. The second-order valence-electron chi connectivity index (χ2n) is 6.20. The van der Waals surface area contributed by atoms with Gasteiger partial charge in [0.15, 0.2) is 0 Å². The number of nitrogens with one attached hydrogen (secondary N) is 1. The van der Waals surface area contributed by atoms with Crippen LogP contribution >= 0.6 is 0 Å². The predicted molar refractivity (Wildman–Crippen MR) is 86.9 cm³/mol. The van der Waals surface area contributed by atoms with E-state index in [1.807, 2.05) is 12.1 Å². The van der Waals surface area contributed by atoms with E-state index in [-0.39, 0.29) is 11.9 Å². The molecule has 118 valence electrons.